The Balaban J connectivity index is 1.43. The largest absolute Gasteiger partial charge is 0.394 e. The normalized spacial score (nSPS) is 22.1. The average molecular weight is 514 g/mol. The predicted molar refractivity (Wildman–Crippen MR) is 137 cm³/mol. The Morgan fingerprint density at radius 2 is 1.95 bits per heavy atom. The van der Waals surface area contributed by atoms with Crippen LogP contribution in [-0.2, 0) is 4.79 Å². The van der Waals surface area contributed by atoms with Gasteiger partial charge in [-0.05, 0) is 64.5 Å². The Bertz CT molecular complexity index is 1270. The number of nitrogens with one attached hydrogen (secondary N) is 2. The number of aromatic nitrogens is 4. The molecule has 1 aromatic carbocycles. The third-order valence-electron chi connectivity index (χ3n) is 7.31. The zero-order valence-corrected chi connectivity index (χ0v) is 21.1. The molecular weight excluding hydrogens is 480 g/mol. The lowest BCUT2D eigenvalue weighted by molar-refractivity contribution is -0.138. The number of likely N-dealkylation sites (tertiary alicyclic amines) is 1. The summed E-state index contributed by atoms with van der Waals surface area (Å²) in [6.45, 7) is 4.70. The van der Waals surface area contributed by atoms with Crippen molar-refractivity contribution in [3.63, 3.8) is 0 Å². The summed E-state index contributed by atoms with van der Waals surface area (Å²) in [5.41, 5.74) is 1.28. The maximum Gasteiger partial charge on any atom is 0.226 e. The Kier molecular flexibility index (Phi) is 7.23. The highest BCUT2D eigenvalue weighted by Crippen LogP contribution is 2.38. The smallest absolute Gasteiger partial charge is 0.226 e. The first kappa shape index (κ1) is 25.3. The number of carbonyl (C=O) groups is 1. The van der Waals surface area contributed by atoms with Crippen LogP contribution in [0.4, 0.5) is 26.4 Å². The van der Waals surface area contributed by atoms with Crippen LogP contribution in [0, 0.1) is 17.6 Å². The van der Waals surface area contributed by atoms with Crippen LogP contribution in [0.3, 0.4) is 0 Å². The molecule has 0 spiro atoms. The topological polar surface area (TPSA) is 108 Å². The standard InChI is InChI=1S/C26H33F2N7O2/c1-15(2)30-25-29-13-22-23(33-25)35(26(32-22)31-21-10-7-17(27)12-20(21)28)18-8-5-16(6-9-18)24(37)34-11-3-4-19(34)14-36/h7,10,12-13,15-16,18-19,36H,3-6,8-9,11,14H2,1-2H3,(H,31,32)(H,29,30,33). The number of benzene rings is 1. The minimum atomic E-state index is -0.717. The molecule has 5 rings (SSSR count). The van der Waals surface area contributed by atoms with Crippen molar-refractivity contribution in [1.82, 2.24) is 24.4 Å². The Labute approximate surface area is 214 Å². The van der Waals surface area contributed by atoms with Crippen molar-refractivity contribution in [2.45, 2.75) is 70.5 Å². The summed E-state index contributed by atoms with van der Waals surface area (Å²) < 4.78 is 29.9. The van der Waals surface area contributed by atoms with Gasteiger partial charge >= 0.3 is 0 Å². The predicted octanol–water partition coefficient (Wildman–Crippen LogP) is 4.38. The summed E-state index contributed by atoms with van der Waals surface area (Å²) in [6, 6.07) is 3.40. The summed E-state index contributed by atoms with van der Waals surface area (Å²) in [5.74, 6) is -0.469. The number of rotatable bonds is 7. The van der Waals surface area contributed by atoms with Crippen molar-refractivity contribution in [3.05, 3.63) is 36.0 Å². The van der Waals surface area contributed by atoms with E-state index in [0.29, 0.717) is 42.4 Å². The van der Waals surface area contributed by atoms with Gasteiger partial charge in [0.1, 0.15) is 17.2 Å². The summed E-state index contributed by atoms with van der Waals surface area (Å²) in [7, 11) is 0. The van der Waals surface area contributed by atoms with E-state index in [0.717, 1.165) is 31.7 Å². The van der Waals surface area contributed by atoms with Crippen LogP contribution in [0.5, 0.6) is 0 Å². The summed E-state index contributed by atoms with van der Waals surface area (Å²) in [4.78, 5) is 28.7. The average Bonchev–Trinajstić information content (AvgIpc) is 3.49. The molecular formula is C26H33F2N7O2. The fourth-order valence-corrected chi connectivity index (χ4v) is 5.50. The number of imidazole rings is 1. The molecule has 2 aliphatic rings. The van der Waals surface area contributed by atoms with E-state index in [1.54, 1.807) is 6.20 Å². The van der Waals surface area contributed by atoms with Gasteiger partial charge in [-0.2, -0.15) is 4.98 Å². The van der Waals surface area contributed by atoms with Gasteiger partial charge in [-0.1, -0.05) is 0 Å². The lowest BCUT2D eigenvalue weighted by Gasteiger charge is -2.33. The van der Waals surface area contributed by atoms with Crippen molar-refractivity contribution in [1.29, 1.82) is 0 Å². The second-order valence-electron chi connectivity index (χ2n) is 10.3. The number of hydrogen-bond donors (Lipinski definition) is 3. The highest BCUT2D eigenvalue weighted by Gasteiger charge is 2.36. The van der Waals surface area contributed by atoms with E-state index in [2.05, 4.69) is 20.6 Å². The van der Waals surface area contributed by atoms with E-state index in [4.69, 9.17) is 4.98 Å². The molecule has 3 N–H and O–H groups in total. The highest BCUT2D eigenvalue weighted by atomic mass is 19.1. The van der Waals surface area contributed by atoms with E-state index in [1.165, 1.54) is 12.1 Å². The van der Waals surface area contributed by atoms with Crippen molar-refractivity contribution in [3.8, 4) is 0 Å². The molecule has 1 amide bonds. The van der Waals surface area contributed by atoms with Crippen molar-refractivity contribution >= 4 is 34.7 Å². The second-order valence-corrected chi connectivity index (χ2v) is 10.3. The van der Waals surface area contributed by atoms with Gasteiger partial charge < -0.3 is 20.6 Å². The van der Waals surface area contributed by atoms with Gasteiger partial charge in [0, 0.05) is 30.6 Å². The molecule has 1 aliphatic carbocycles. The minimum absolute atomic E-state index is 0.00351. The van der Waals surface area contributed by atoms with Crippen molar-refractivity contribution in [2.75, 3.05) is 23.8 Å². The van der Waals surface area contributed by atoms with Gasteiger partial charge in [0.05, 0.1) is 24.5 Å². The molecule has 3 heterocycles. The maximum atomic E-state index is 14.5. The number of carbonyl (C=O) groups excluding carboxylic acids is 1. The van der Waals surface area contributed by atoms with Crippen molar-refractivity contribution in [2.24, 2.45) is 5.92 Å². The van der Waals surface area contributed by atoms with Gasteiger partial charge in [0.15, 0.2) is 5.65 Å². The number of fused-ring (bicyclic) bond motifs is 1. The molecule has 198 valence electrons. The maximum absolute atomic E-state index is 14.5. The van der Waals surface area contributed by atoms with Gasteiger partial charge in [0.2, 0.25) is 17.8 Å². The number of anilines is 3. The lowest BCUT2D eigenvalue weighted by Crippen LogP contribution is -2.42. The molecule has 11 heteroatoms. The molecule has 1 atom stereocenters. The lowest BCUT2D eigenvalue weighted by atomic mass is 9.85. The molecule has 1 unspecified atom stereocenters. The Morgan fingerprint density at radius 1 is 1.16 bits per heavy atom. The van der Waals surface area contributed by atoms with Crippen LogP contribution < -0.4 is 10.6 Å². The summed E-state index contributed by atoms with van der Waals surface area (Å²) in [5, 5.41) is 15.9. The van der Waals surface area contributed by atoms with Gasteiger partial charge in [-0.15, -0.1) is 0 Å². The molecule has 3 aromatic rings. The molecule has 1 aliphatic heterocycles. The van der Waals surface area contributed by atoms with Gasteiger partial charge in [0.25, 0.3) is 0 Å². The first-order chi connectivity index (χ1) is 17.8. The first-order valence-corrected chi connectivity index (χ1v) is 13.0. The Hall–Kier alpha value is -3.34. The number of aliphatic hydroxyl groups excluding tert-OH is 1. The zero-order valence-electron chi connectivity index (χ0n) is 21.1. The molecule has 2 fully saturated rings. The summed E-state index contributed by atoms with van der Waals surface area (Å²) >= 11 is 0. The number of nitrogens with zero attached hydrogens (tertiary/aromatic N) is 5. The number of aliphatic hydroxyl groups is 1. The van der Waals surface area contributed by atoms with Crippen LogP contribution in [-0.4, -0.2) is 60.7 Å². The third kappa shape index (κ3) is 5.22. The molecule has 2 aromatic heterocycles. The fraction of sp³-hybridized carbons (Fsp3) is 0.538. The van der Waals surface area contributed by atoms with Crippen LogP contribution >= 0.6 is 0 Å². The number of halogens is 2. The number of hydrogen-bond acceptors (Lipinski definition) is 7. The van der Waals surface area contributed by atoms with Gasteiger partial charge in [-0.25, -0.2) is 18.7 Å². The van der Waals surface area contributed by atoms with Crippen LogP contribution in [0.15, 0.2) is 24.4 Å². The van der Waals surface area contributed by atoms with Gasteiger partial charge in [-0.3, -0.25) is 9.36 Å². The van der Waals surface area contributed by atoms with E-state index in [1.807, 2.05) is 23.3 Å². The first-order valence-electron chi connectivity index (χ1n) is 13.0. The molecule has 0 bridgehead atoms. The minimum Gasteiger partial charge on any atom is -0.394 e. The molecule has 37 heavy (non-hydrogen) atoms. The second kappa shape index (κ2) is 10.6. The van der Waals surface area contributed by atoms with Crippen LogP contribution in [0.1, 0.15) is 58.4 Å². The van der Waals surface area contributed by atoms with Crippen molar-refractivity contribution < 1.29 is 18.7 Å². The monoisotopic (exact) mass is 513 g/mol. The zero-order chi connectivity index (χ0) is 26.1. The molecule has 1 saturated carbocycles. The molecule has 0 radical (unpaired) electrons. The summed E-state index contributed by atoms with van der Waals surface area (Å²) in [6.07, 6.45) is 6.24. The van der Waals surface area contributed by atoms with E-state index >= 15 is 0 Å². The third-order valence-corrected chi connectivity index (χ3v) is 7.31. The van der Waals surface area contributed by atoms with Crippen LogP contribution in [0.2, 0.25) is 0 Å². The van der Waals surface area contributed by atoms with E-state index in [-0.39, 0.29) is 42.2 Å². The number of amides is 1. The van der Waals surface area contributed by atoms with E-state index < -0.39 is 11.6 Å². The molecule has 9 nitrogen and oxygen atoms in total. The Morgan fingerprint density at radius 3 is 2.65 bits per heavy atom. The molecule has 1 saturated heterocycles. The highest BCUT2D eigenvalue weighted by molar-refractivity contribution is 5.80. The fourth-order valence-electron chi connectivity index (χ4n) is 5.50. The quantitative estimate of drug-likeness (QED) is 0.430. The van der Waals surface area contributed by atoms with E-state index in [9.17, 15) is 18.7 Å². The SMILES string of the molecule is CC(C)Nc1ncc2nc(Nc3ccc(F)cc3F)n(C3CCC(C(=O)N4CCCC4CO)CC3)c2n1. The van der Waals surface area contributed by atoms with Crippen LogP contribution in [0.25, 0.3) is 11.2 Å².